The van der Waals surface area contributed by atoms with Crippen LogP contribution in [0.15, 0.2) is 0 Å². The minimum atomic E-state index is -0.401. The van der Waals surface area contributed by atoms with Gasteiger partial charge in [-0.15, -0.1) is 0 Å². The van der Waals surface area contributed by atoms with Crippen LogP contribution in [0, 0.1) is 0 Å². The molecule has 0 radical (unpaired) electrons. The van der Waals surface area contributed by atoms with Crippen LogP contribution in [-0.2, 0) is 9.47 Å². The van der Waals surface area contributed by atoms with Crippen molar-refractivity contribution in [3.63, 3.8) is 0 Å². The van der Waals surface area contributed by atoms with Gasteiger partial charge < -0.3 is 19.7 Å². The maximum atomic E-state index is 5.62. The van der Waals surface area contributed by atoms with Crippen LogP contribution in [0.4, 0.5) is 0 Å². The quantitative estimate of drug-likeness (QED) is 0.808. The summed E-state index contributed by atoms with van der Waals surface area (Å²) >= 11 is 2.06. The van der Waals surface area contributed by atoms with Crippen molar-refractivity contribution in [3.8, 4) is 0 Å². The van der Waals surface area contributed by atoms with Gasteiger partial charge in [-0.05, 0) is 13.8 Å². The Kier molecular flexibility index (Phi) is 5.11. The Morgan fingerprint density at radius 3 is 2.53 bits per heavy atom. The maximum Gasteiger partial charge on any atom is 0.162 e. The van der Waals surface area contributed by atoms with Crippen LogP contribution < -0.4 is 5.32 Å². The highest BCUT2D eigenvalue weighted by molar-refractivity contribution is 7.99. The second-order valence-electron chi connectivity index (χ2n) is 5.13. The lowest BCUT2D eigenvalue weighted by molar-refractivity contribution is -0.252. The smallest absolute Gasteiger partial charge is 0.162 e. The molecule has 17 heavy (non-hydrogen) atoms. The maximum absolute atomic E-state index is 5.62. The van der Waals surface area contributed by atoms with Crippen molar-refractivity contribution in [1.82, 2.24) is 10.2 Å². The minimum absolute atomic E-state index is 0.349. The Labute approximate surface area is 108 Å². The lowest BCUT2D eigenvalue weighted by Gasteiger charge is -2.35. The zero-order valence-electron chi connectivity index (χ0n) is 10.9. The molecule has 0 aliphatic carbocycles. The van der Waals surface area contributed by atoms with E-state index in [9.17, 15) is 0 Å². The molecule has 100 valence electrons. The number of ether oxygens (including phenoxy) is 2. The fourth-order valence-electron chi connectivity index (χ4n) is 2.06. The van der Waals surface area contributed by atoms with Gasteiger partial charge in [0.05, 0.1) is 19.3 Å². The molecule has 0 aromatic carbocycles. The van der Waals surface area contributed by atoms with E-state index in [1.54, 1.807) is 0 Å². The first-order valence-corrected chi connectivity index (χ1v) is 7.63. The van der Waals surface area contributed by atoms with Crippen molar-refractivity contribution >= 4 is 11.8 Å². The van der Waals surface area contributed by atoms with Crippen molar-refractivity contribution < 1.29 is 9.47 Å². The van der Waals surface area contributed by atoms with E-state index < -0.39 is 5.79 Å². The van der Waals surface area contributed by atoms with Gasteiger partial charge in [0.1, 0.15) is 0 Å². The standard InChI is InChI=1S/C12H24N2O2S/c1-12(2)15-9-11(10-16-12)13-3-4-14-5-7-17-8-6-14/h11,13H,3-10H2,1-2H3. The normalized spacial score (nSPS) is 27.2. The second kappa shape index (κ2) is 6.38. The van der Waals surface area contributed by atoms with Crippen molar-refractivity contribution in [2.75, 3.05) is 50.9 Å². The van der Waals surface area contributed by atoms with Gasteiger partial charge in [-0.3, -0.25) is 0 Å². The third-order valence-electron chi connectivity index (χ3n) is 3.23. The highest BCUT2D eigenvalue weighted by Crippen LogP contribution is 2.16. The first-order valence-electron chi connectivity index (χ1n) is 6.47. The molecule has 2 aliphatic rings. The number of hydrogen-bond acceptors (Lipinski definition) is 5. The van der Waals surface area contributed by atoms with E-state index >= 15 is 0 Å². The molecular formula is C12H24N2O2S. The molecular weight excluding hydrogens is 236 g/mol. The molecule has 2 saturated heterocycles. The molecule has 2 rings (SSSR count). The van der Waals surface area contributed by atoms with Gasteiger partial charge in [-0.25, -0.2) is 0 Å². The van der Waals surface area contributed by atoms with Crippen LogP contribution in [0.2, 0.25) is 0 Å². The summed E-state index contributed by atoms with van der Waals surface area (Å²) in [6, 6.07) is 0.349. The zero-order valence-corrected chi connectivity index (χ0v) is 11.7. The Bertz CT molecular complexity index is 223. The summed E-state index contributed by atoms with van der Waals surface area (Å²) in [7, 11) is 0. The average molecular weight is 260 g/mol. The summed E-state index contributed by atoms with van der Waals surface area (Å²) in [5.41, 5.74) is 0. The molecule has 0 spiro atoms. The largest absolute Gasteiger partial charge is 0.349 e. The summed E-state index contributed by atoms with van der Waals surface area (Å²) in [6.45, 7) is 10.1. The average Bonchev–Trinajstić information content (AvgIpc) is 2.33. The number of rotatable bonds is 4. The van der Waals surface area contributed by atoms with Crippen LogP contribution in [0.5, 0.6) is 0 Å². The first kappa shape index (κ1) is 13.6. The summed E-state index contributed by atoms with van der Waals surface area (Å²) < 4.78 is 11.2. The lowest BCUT2D eigenvalue weighted by atomic mass is 10.2. The van der Waals surface area contributed by atoms with Crippen molar-refractivity contribution in [2.45, 2.75) is 25.7 Å². The van der Waals surface area contributed by atoms with Crippen LogP contribution in [0.3, 0.4) is 0 Å². The molecule has 0 atom stereocenters. The Hall–Kier alpha value is 0.190. The van der Waals surface area contributed by atoms with Crippen molar-refractivity contribution in [1.29, 1.82) is 0 Å². The highest BCUT2D eigenvalue weighted by Gasteiger charge is 2.27. The van der Waals surface area contributed by atoms with Gasteiger partial charge in [0, 0.05) is 37.7 Å². The molecule has 0 aromatic rings. The van der Waals surface area contributed by atoms with Gasteiger partial charge in [0.25, 0.3) is 0 Å². The predicted molar refractivity (Wildman–Crippen MR) is 71.5 cm³/mol. The number of nitrogens with one attached hydrogen (secondary N) is 1. The third-order valence-corrected chi connectivity index (χ3v) is 4.17. The molecule has 2 aliphatic heterocycles. The Morgan fingerprint density at radius 2 is 1.88 bits per heavy atom. The van der Waals surface area contributed by atoms with Gasteiger partial charge in [0.15, 0.2) is 5.79 Å². The summed E-state index contributed by atoms with van der Waals surface area (Å²) in [5, 5.41) is 3.51. The predicted octanol–water partition coefficient (Wildman–Crippen LogP) is 0.776. The van der Waals surface area contributed by atoms with Gasteiger partial charge in [-0.2, -0.15) is 11.8 Å². The summed E-state index contributed by atoms with van der Waals surface area (Å²) in [6.07, 6.45) is 0. The van der Waals surface area contributed by atoms with Crippen LogP contribution >= 0.6 is 11.8 Å². The Morgan fingerprint density at radius 1 is 1.24 bits per heavy atom. The fourth-order valence-corrected chi connectivity index (χ4v) is 3.04. The van der Waals surface area contributed by atoms with E-state index in [0.717, 1.165) is 26.3 Å². The molecule has 4 nitrogen and oxygen atoms in total. The molecule has 2 heterocycles. The molecule has 0 unspecified atom stereocenters. The molecule has 0 bridgehead atoms. The number of hydrogen-bond donors (Lipinski definition) is 1. The Balaban J connectivity index is 1.56. The molecule has 2 fully saturated rings. The van der Waals surface area contributed by atoms with Gasteiger partial charge in [0.2, 0.25) is 0 Å². The topological polar surface area (TPSA) is 33.7 Å². The number of thioether (sulfide) groups is 1. The van der Waals surface area contributed by atoms with Crippen LogP contribution in [0.1, 0.15) is 13.8 Å². The number of nitrogens with zero attached hydrogens (tertiary/aromatic N) is 1. The van der Waals surface area contributed by atoms with E-state index in [-0.39, 0.29) is 0 Å². The van der Waals surface area contributed by atoms with E-state index in [0.29, 0.717) is 6.04 Å². The van der Waals surface area contributed by atoms with E-state index in [1.165, 1.54) is 24.6 Å². The minimum Gasteiger partial charge on any atom is -0.349 e. The van der Waals surface area contributed by atoms with Crippen LogP contribution in [-0.4, -0.2) is 67.6 Å². The molecule has 0 saturated carbocycles. The van der Waals surface area contributed by atoms with Gasteiger partial charge in [-0.1, -0.05) is 0 Å². The summed E-state index contributed by atoms with van der Waals surface area (Å²) in [5.74, 6) is 2.16. The molecule has 0 amide bonds. The van der Waals surface area contributed by atoms with E-state index in [4.69, 9.17) is 9.47 Å². The van der Waals surface area contributed by atoms with Gasteiger partial charge >= 0.3 is 0 Å². The molecule has 1 N–H and O–H groups in total. The molecule has 5 heteroatoms. The second-order valence-corrected chi connectivity index (χ2v) is 6.35. The molecule has 0 aromatic heterocycles. The van der Waals surface area contributed by atoms with E-state index in [1.807, 2.05) is 13.8 Å². The van der Waals surface area contributed by atoms with Crippen molar-refractivity contribution in [3.05, 3.63) is 0 Å². The first-order chi connectivity index (χ1) is 8.16. The van der Waals surface area contributed by atoms with E-state index in [2.05, 4.69) is 22.0 Å². The SMILES string of the molecule is CC1(C)OCC(NCCN2CCSCC2)CO1. The third kappa shape index (κ3) is 4.75. The monoisotopic (exact) mass is 260 g/mol. The summed E-state index contributed by atoms with van der Waals surface area (Å²) in [4.78, 5) is 2.53. The van der Waals surface area contributed by atoms with Crippen molar-refractivity contribution in [2.24, 2.45) is 0 Å². The highest BCUT2D eigenvalue weighted by atomic mass is 32.2. The zero-order chi connectivity index (χ0) is 12.1. The lowest BCUT2D eigenvalue weighted by Crippen LogP contribution is -2.50. The van der Waals surface area contributed by atoms with Crippen LogP contribution in [0.25, 0.3) is 0 Å². The fraction of sp³-hybridized carbons (Fsp3) is 1.00.